The smallest absolute Gasteiger partial charge is 0.426 e. The second kappa shape index (κ2) is 9.03. The normalized spacial score (nSPS) is 13.8. The van der Waals surface area contributed by atoms with Crippen molar-refractivity contribution in [3.63, 3.8) is 0 Å². The van der Waals surface area contributed by atoms with E-state index in [-0.39, 0.29) is 11.3 Å². The second-order valence-electron chi connectivity index (χ2n) is 4.60. The van der Waals surface area contributed by atoms with Crippen LogP contribution in [-0.2, 0) is 19.6 Å². The number of carbonyl (C=O) groups is 2. The van der Waals surface area contributed by atoms with E-state index in [1.54, 1.807) is 0 Å². The lowest BCUT2D eigenvalue weighted by Crippen LogP contribution is -2.39. The van der Waals surface area contributed by atoms with Gasteiger partial charge in [0.05, 0.1) is 5.56 Å². The van der Waals surface area contributed by atoms with E-state index in [0.29, 0.717) is 0 Å². The molecule has 0 bridgehead atoms. The minimum absolute atomic E-state index is 0.0474. The molecule has 1 N–H and O–H groups in total. The van der Waals surface area contributed by atoms with Gasteiger partial charge in [0.25, 0.3) is 10.1 Å². The van der Waals surface area contributed by atoms with Crippen LogP contribution in [-0.4, -0.2) is 42.4 Å². The van der Waals surface area contributed by atoms with Crippen LogP contribution in [0.25, 0.3) is 0 Å². The molecule has 0 saturated carbocycles. The predicted octanol–water partition coefficient (Wildman–Crippen LogP) is 3.53. The lowest BCUT2D eigenvalue weighted by atomic mass is 10.2. The Labute approximate surface area is 186 Å². The number of hydrogen-bond donors (Lipinski definition) is 1. The van der Waals surface area contributed by atoms with Gasteiger partial charge >= 0.3 is 18.1 Å². The van der Waals surface area contributed by atoms with E-state index in [4.69, 9.17) is 9.29 Å². The van der Waals surface area contributed by atoms with Crippen LogP contribution in [0.4, 0.5) is 13.2 Å². The summed E-state index contributed by atoms with van der Waals surface area (Å²) in [5.41, 5.74) is -0.334. The first kappa shape index (κ1) is 24.1. The molecule has 1 unspecified atom stereocenters. The molecule has 0 aliphatic rings. The third-order valence-corrected chi connectivity index (χ3v) is 4.55. The Balaban J connectivity index is 2.88. The van der Waals surface area contributed by atoms with Gasteiger partial charge in [0.1, 0.15) is 11.5 Å². The van der Waals surface area contributed by atoms with Crippen LogP contribution in [0.3, 0.4) is 0 Å². The molecule has 0 fully saturated rings. The van der Waals surface area contributed by atoms with Crippen molar-refractivity contribution in [2.24, 2.45) is 0 Å². The molecule has 0 aromatic heterocycles. The third-order valence-electron chi connectivity index (χ3n) is 2.51. The molecule has 14 heteroatoms. The Hall–Kier alpha value is 0.0500. The molecule has 0 heterocycles. The maximum atomic E-state index is 12.7. The van der Waals surface area contributed by atoms with Crippen LogP contribution in [0.2, 0.25) is 0 Å². The first-order valence-corrected chi connectivity index (χ1v) is 11.1. The molecule has 146 valence electrons. The molecule has 26 heavy (non-hydrogen) atoms. The minimum atomic E-state index is -5.19. The van der Waals surface area contributed by atoms with E-state index in [1.165, 1.54) is 0 Å². The average molecular weight is 734 g/mol. The van der Waals surface area contributed by atoms with Crippen LogP contribution in [0.1, 0.15) is 10.4 Å². The van der Waals surface area contributed by atoms with Gasteiger partial charge in [-0.1, -0.05) is 0 Å². The molecular weight excluding hydrogens is 726 g/mol. The van der Waals surface area contributed by atoms with Crippen molar-refractivity contribution < 1.29 is 45.2 Å². The summed E-state index contributed by atoms with van der Waals surface area (Å²) in [6, 6.07) is 4.41. The lowest BCUT2D eigenvalue weighted by Gasteiger charge is -2.19. The average Bonchev–Trinajstić information content (AvgIpc) is 2.43. The van der Waals surface area contributed by atoms with Crippen molar-refractivity contribution in [2.75, 3.05) is 5.75 Å². The number of halogens is 6. The zero-order valence-electron chi connectivity index (χ0n) is 12.2. The van der Waals surface area contributed by atoms with Crippen LogP contribution in [0.5, 0.6) is 5.75 Å². The highest BCUT2D eigenvalue weighted by molar-refractivity contribution is 14.3. The Morgan fingerprint density at radius 3 is 2.00 bits per heavy atom. The van der Waals surface area contributed by atoms with Gasteiger partial charge in [-0.3, -0.25) is 4.55 Å². The van der Waals surface area contributed by atoms with Gasteiger partial charge < -0.3 is 9.47 Å². The largest absolute Gasteiger partial charge is 0.448 e. The fourth-order valence-corrected chi connectivity index (χ4v) is 2.38. The third kappa shape index (κ3) is 8.38. The van der Waals surface area contributed by atoms with Gasteiger partial charge in [0.2, 0.25) is 5.54 Å². The maximum Gasteiger partial charge on any atom is 0.426 e. The van der Waals surface area contributed by atoms with Crippen molar-refractivity contribution in [1.29, 1.82) is 0 Å². The molecule has 7 nitrogen and oxygen atoms in total. The van der Waals surface area contributed by atoms with Crippen LogP contribution in [0, 0.1) is 0 Å². The van der Waals surface area contributed by atoms with Gasteiger partial charge in [-0.2, -0.15) is 21.6 Å². The van der Waals surface area contributed by atoms with Gasteiger partial charge in [0.15, 0.2) is 0 Å². The highest BCUT2D eigenvalue weighted by Gasteiger charge is 2.45. The fourth-order valence-electron chi connectivity index (χ4n) is 1.41. The lowest BCUT2D eigenvalue weighted by molar-refractivity contribution is -0.197. The summed E-state index contributed by atoms with van der Waals surface area (Å²) in [6.45, 7) is 0. The number of ether oxygens (including phenoxy) is 2. The Morgan fingerprint density at radius 2 is 1.62 bits per heavy atom. The Bertz CT molecular complexity index is 773. The van der Waals surface area contributed by atoms with E-state index < -0.39 is 39.5 Å². The van der Waals surface area contributed by atoms with E-state index in [0.717, 1.165) is 24.3 Å². The fraction of sp³-hybridized carbons (Fsp3) is 0.333. The number of carbonyl (C=O) groups excluding carboxylic acids is 2. The number of alkyl halides is 6. The first-order valence-electron chi connectivity index (χ1n) is 6.21. The van der Waals surface area contributed by atoms with Crippen molar-refractivity contribution in [3.8, 4) is 5.75 Å². The molecular formula is C12H8F3I3O7S. The van der Waals surface area contributed by atoms with Crippen molar-refractivity contribution in [2.45, 2.75) is 11.7 Å². The number of benzene rings is 1. The summed E-state index contributed by atoms with van der Waals surface area (Å²) in [5.74, 6) is -3.83. The molecule has 0 spiro atoms. The van der Waals surface area contributed by atoms with Crippen LogP contribution < -0.4 is 4.74 Å². The highest BCUT2D eigenvalue weighted by Crippen LogP contribution is 2.37. The monoisotopic (exact) mass is 734 g/mol. The maximum absolute atomic E-state index is 12.7. The quantitative estimate of drug-likeness (QED) is 0.157. The van der Waals surface area contributed by atoms with E-state index in [9.17, 15) is 31.2 Å². The van der Waals surface area contributed by atoms with Crippen molar-refractivity contribution >= 4 is 89.8 Å². The van der Waals surface area contributed by atoms with Gasteiger partial charge in [-0.05, 0) is 92.0 Å². The number of rotatable bonds is 6. The minimum Gasteiger partial charge on any atom is -0.448 e. The zero-order chi connectivity index (χ0) is 20.3. The van der Waals surface area contributed by atoms with Gasteiger partial charge in [-0.25, -0.2) is 9.59 Å². The van der Waals surface area contributed by atoms with E-state index in [2.05, 4.69) is 4.74 Å². The first-order chi connectivity index (χ1) is 11.6. The van der Waals surface area contributed by atoms with Gasteiger partial charge in [0, 0.05) is 0 Å². The van der Waals surface area contributed by atoms with E-state index >= 15 is 0 Å². The molecule has 0 aliphatic carbocycles. The topological polar surface area (TPSA) is 107 Å². The number of esters is 2. The highest BCUT2D eigenvalue weighted by atomic mass is 127. The molecule has 0 saturated heterocycles. The standard InChI is InChI=1S/C12H8F3I3O7S/c13-11(14,15)8(5-26(21,22)23)25-9(19)6-1-3-7(4-2-6)24-10(20)12(16,17)18/h1-4,8H,5H2,(H,21,22,23). The van der Waals surface area contributed by atoms with Crippen LogP contribution >= 0.6 is 67.8 Å². The summed E-state index contributed by atoms with van der Waals surface area (Å²) in [7, 11) is -5.03. The second-order valence-corrected chi connectivity index (χ2v) is 17.1. The molecule has 1 rings (SSSR count). The molecule has 1 aromatic rings. The zero-order valence-corrected chi connectivity index (χ0v) is 19.5. The summed E-state index contributed by atoms with van der Waals surface area (Å²) in [6.07, 6.45) is -8.22. The summed E-state index contributed by atoms with van der Waals surface area (Å²) >= 11 is 5.48. The molecule has 0 aliphatic heterocycles. The SMILES string of the molecule is O=C(OC(CS(=O)(=O)O)C(F)(F)F)c1ccc(OC(=O)C(I)(I)I)cc1. The Kier molecular flexibility index (Phi) is 8.37. The Morgan fingerprint density at radius 1 is 1.12 bits per heavy atom. The van der Waals surface area contributed by atoms with Crippen molar-refractivity contribution in [3.05, 3.63) is 29.8 Å². The van der Waals surface area contributed by atoms with Gasteiger partial charge in [-0.15, -0.1) is 0 Å². The predicted molar refractivity (Wildman–Crippen MR) is 109 cm³/mol. The van der Waals surface area contributed by atoms with E-state index in [1.807, 2.05) is 67.8 Å². The summed E-state index contributed by atoms with van der Waals surface area (Å²) in [5, 5.41) is 0. The van der Waals surface area contributed by atoms with Crippen molar-refractivity contribution in [1.82, 2.24) is 0 Å². The number of hydrogen-bond acceptors (Lipinski definition) is 6. The molecule has 0 amide bonds. The summed E-state index contributed by atoms with van der Waals surface area (Å²) in [4.78, 5) is 23.5. The molecule has 1 atom stereocenters. The summed E-state index contributed by atoms with van der Waals surface area (Å²) < 4.78 is 76.3. The molecule has 1 aromatic carbocycles. The van der Waals surface area contributed by atoms with Crippen LogP contribution in [0.15, 0.2) is 24.3 Å². The molecule has 0 radical (unpaired) electrons.